The number of hydrogen-bond acceptors (Lipinski definition) is 9. The van der Waals surface area contributed by atoms with Gasteiger partial charge in [0, 0.05) is 24.7 Å². The number of nitrogens with zero attached hydrogens (tertiary/aromatic N) is 4. The molecular formula is C23H29ClFN5O5S2. The van der Waals surface area contributed by atoms with Crippen LogP contribution in [0.1, 0.15) is 64.3 Å². The topological polar surface area (TPSA) is 139 Å². The van der Waals surface area contributed by atoms with Gasteiger partial charge in [0.05, 0.1) is 9.90 Å². The zero-order valence-electron chi connectivity index (χ0n) is 21.3. The normalized spacial score (nSPS) is 13.1. The Bertz CT molecular complexity index is 1400. The number of halogens is 2. The number of aliphatic hydroxyl groups is 1. The van der Waals surface area contributed by atoms with Crippen LogP contribution in [0.2, 0.25) is 5.02 Å². The van der Waals surface area contributed by atoms with Gasteiger partial charge in [-0.15, -0.1) is 21.5 Å². The second-order valence-corrected chi connectivity index (χ2v) is 11.9. The van der Waals surface area contributed by atoms with Gasteiger partial charge in [0.15, 0.2) is 10.8 Å². The third kappa shape index (κ3) is 6.01. The van der Waals surface area contributed by atoms with Gasteiger partial charge in [-0.3, -0.25) is 4.79 Å². The Kier molecular flexibility index (Phi) is 8.75. The molecule has 1 amide bonds. The first-order chi connectivity index (χ1) is 17.2. The molecule has 10 nitrogen and oxygen atoms in total. The van der Waals surface area contributed by atoms with Gasteiger partial charge < -0.3 is 14.4 Å². The lowest BCUT2D eigenvalue weighted by Crippen LogP contribution is -2.32. The van der Waals surface area contributed by atoms with Gasteiger partial charge >= 0.3 is 0 Å². The Hall–Kier alpha value is -2.45. The number of nitrogens with one attached hydrogen (secondary N) is 1. The summed E-state index contributed by atoms with van der Waals surface area (Å²) in [7, 11) is -4.17. The Balaban J connectivity index is 2.18. The molecule has 0 fully saturated rings. The number of aromatic nitrogens is 3. The molecular weight excluding hydrogens is 545 g/mol. The fraction of sp³-hybridized carbons (Fsp3) is 0.478. The maximum atomic E-state index is 15.4. The summed E-state index contributed by atoms with van der Waals surface area (Å²) in [4.78, 5) is 18.8. The zero-order chi connectivity index (χ0) is 27.7. The molecule has 202 valence electrons. The number of carbonyl (C=O) groups excluding carboxylic acids is 1. The van der Waals surface area contributed by atoms with Crippen LogP contribution < -0.4 is 4.72 Å². The number of sulfonamides is 1. The summed E-state index contributed by atoms with van der Waals surface area (Å²) in [6, 6.07) is 2.03. The summed E-state index contributed by atoms with van der Waals surface area (Å²) >= 11 is 7.31. The number of hydrogen-bond donors (Lipinski definition) is 2. The Labute approximate surface area is 223 Å². The minimum Gasteiger partial charge on any atom is -0.415 e. The predicted molar refractivity (Wildman–Crippen MR) is 138 cm³/mol. The second kappa shape index (κ2) is 11.1. The first kappa shape index (κ1) is 29.1. The van der Waals surface area contributed by atoms with E-state index in [1.165, 1.54) is 24.8 Å². The second-order valence-electron chi connectivity index (χ2n) is 8.82. The maximum Gasteiger partial charge on any atom is 0.276 e. The smallest absolute Gasteiger partial charge is 0.276 e. The van der Waals surface area contributed by atoms with Gasteiger partial charge in [-0.05, 0) is 47.1 Å². The van der Waals surface area contributed by atoms with E-state index in [9.17, 15) is 18.3 Å². The van der Waals surface area contributed by atoms with Crippen LogP contribution in [0.25, 0.3) is 21.3 Å². The van der Waals surface area contributed by atoms with Crippen LogP contribution in [0.3, 0.4) is 0 Å². The predicted octanol–water partition coefficient (Wildman–Crippen LogP) is 4.44. The maximum absolute atomic E-state index is 15.4. The highest BCUT2D eigenvalue weighted by Crippen LogP contribution is 2.41. The van der Waals surface area contributed by atoms with E-state index in [-0.39, 0.29) is 32.9 Å². The Morgan fingerprint density at radius 1 is 1.27 bits per heavy atom. The fourth-order valence-electron chi connectivity index (χ4n) is 3.28. The molecule has 0 unspecified atom stereocenters. The van der Waals surface area contributed by atoms with Crippen molar-refractivity contribution in [3.05, 3.63) is 34.6 Å². The van der Waals surface area contributed by atoms with E-state index in [2.05, 4.69) is 19.9 Å². The third-order valence-corrected chi connectivity index (χ3v) is 8.61. The molecule has 1 aromatic carbocycles. The summed E-state index contributed by atoms with van der Waals surface area (Å²) in [5.74, 6) is -1.68. The van der Waals surface area contributed by atoms with Crippen molar-refractivity contribution in [2.45, 2.75) is 64.5 Å². The minimum absolute atomic E-state index is 0.0265. The number of thiazole rings is 1. The molecule has 0 aliphatic heterocycles. The van der Waals surface area contributed by atoms with Gasteiger partial charge in [-0.25, -0.2) is 22.5 Å². The molecule has 14 heteroatoms. The van der Waals surface area contributed by atoms with E-state index in [1.807, 2.05) is 0 Å². The van der Waals surface area contributed by atoms with E-state index in [1.54, 1.807) is 27.7 Å². The zero-order valence-corrected chi connectivity index (χ0v) is 23.7. The Morgan fingerprint density at radius 2 is 1.92 bits per heavy atom. The van der Waals surface area contributed by atoms with Crippen molar-refractivity contribution >= 4 is 38.9 Å². The van der Waals surface area contributed by atoms with Crippen LogP contribution >= 0.6 is 22.9 Å². The molecule has 0 saturated heterocycles. The highest BCUT2D eigenvalue weighted by atomic mass is 35.5. The van der Waals surface area contributed by atoms with Crippen molar-refractivity contribution in [2.75, 3.05) is 13.1 Å². The van der Waals surface area contributed by atoms with Crippen LogP contribution in [0.15, 0.2) is 21.4 Å². The standard InChI is InChI=1S/C23H29ClFN5O5S2/c1-7-12(4)29-37(33,34)14-11-10-13(15(24)16(14)25)18-17(21(31)30(8-2)9-3)26-20(36-18)19-27-28-22(35-19)23(5,6)32/h10-12,29,32H,7-9H2,1-6H3/t12-/m1/s1. The van der Waals surface area contributed by atoms with Crippen LogP contribution in [0.4, 0.5) is 4.39 Å². The number of rotatable bonds is 10. The first-order valence-electron chi connectivity index (χ1n) is 11.6. The largest absolute Gasteiger partial charge is 0.415 e. The molecule has 2 N–H and O–H groups in total. The lowest BCUT2D eigenvalue weighted by atomic mass is 10.1. The molecule has 0 aliphatic carbocycles. The van der Waals surface area contributed by atoms with Crippen molar-refractivity contribution < 1.29 is 27.1 Å². The summed E-state index contributed by atoms with van der Waals surface area (Å²) in [5, 5.41) is 17.6. The van der Waals surface area contributed by atoms with Gasteiger partial charge in [0.1, 0.15) is 16.2 Å². The van der Waals surface area contributed by atoms with Crippen LogP contribution in [-0.2, 0) is 15.6 Å². The van der Waals surface area contributed by atoms with Gasteiger partial charge in [0.25, 0.3) is 11.8 Å². The molecule has 0 bridgehead atoms. The van der Waals surface area contributed by atoms with Crippen LogP contribution in [0, 0.1) is 5.82 Å². The van der Waals surface area contributed by atoms with Crippen LogP contribution in [-0.4, -0.2) is 58.6 Å². The summed E-state index contributed by atoms with van der Waals surface area (Å²) < 4.78 is 48.7. The molecule has 0 radical (unpaired) electrons. The molecule has 1 atom stereocenters. The fourth-order valence-corrected chi connectivity index (χ4v) is 6.07. The molecule has 37 heavy (non-hydrogen) atoms. The molecule has 0 aliphatic rings. The molecule has 2 aromatic heterocycles. The molecule has 3 aromatic rings. The van der Waals surface area contributed by atoms with Crippen molar-refractivity contribution in [3.8, 4) is 21.3 Å². The molecule has 3 rings (SSSR count). The van der Waals surface area contributed by atoms with Crippen molar-refractivity contribution in [3.63, 3.8) is 0 Å². The van der Waals surface area contributed by atoms with Crippen LogP contribution in [0.5, 0.6) is 0 Å². The highest BCUT2D eigenvalue weighted by molar-refractivity contribution is 7.89. The van der Waals surface area contributed by atoms with Crippen molar-refractivity contribution in [1.82, 2.24) is 24.8 Å². The molecule has 0 spiro atoms. The SMILES string of the molecule is CC[C@@H](C)NS(=O)(=O)c1ccc(-c2sc(-c3nnc(C(C)(C)O)o3)nc2C(=O)N(CC)CC)c(Cl)c1F. The lowest BCUT2D eigenvalue weighted by Gasteiger charge is -2.18. The number of amides is 1. The summed E-state index contributed by atoms with van der Waals surface area (Å²) in [6.07, 6.45) is 0.512. The van der Waals surface area contributed by atoms with Gasteiger partial charge in [-0.1, -0.05) is 24.6 Å². The summed E-state index contributed by atoms with van der Waals surface area (Å²) in [6.45, 7) is 10.8. The quantitative estimate of drug-likeness (QED) is 0.363. The summed E-state index contributed by atoms with van der Waals surface area (Å²) in [5.41, 5.74) is -1.34. The van der Waals surface area contributed by atoms with E-state index >= 15 is 4.39 Å². The van der Waals surface area contributed by atoms with E-state index < -0.39 is 43.3 Å². The third-order valence-electron chi connectivity index (χ3n) is 5.56. The highest BCUT2D eigenvalue weighted by Gasteiger charge is 2.31. The lowest BCUT2D eigenvalue weighted by molar-refractivity contribution is 0.0487. The number of benzene rings is 1. The van der Waals surface area contributed by atoms with Crippen molar-refractivity contribution in [2.24, 2.45) is 0 Å². The molecule has 0 saturated carbocycles. The minimum atomic E-state index is -4.17. The first-order valence-corrected chi connectivity index (χ1v) is 14.3. The van der Waals surface area contributed by atoms with E-state index in [0.29, 0.717) is 19.5 Å². The average Bonchev–Trinajstić information content (AvgIpc) is 3.48. The van der Waals surface area contributed by atoms with Crippen molar-refractivity contribution in [1.29, 1.82) is 0 Å². The number of carbonyl (C=O) groups is 1. The Morgan fingerprint density at radius 3 is 2.46 bits per heavy atom. The van der Waals surface area contributed by atoms with E-state index in [0.717, 1.165) is 17.4 Å². The monoisotopic (exact) mass is 573 g/mol. The van der Waals surface area contributed by atoms with E-state index in [4.69, 9.17) is 16.0 Å². The average molecular weight is 574 g/mol. The van der Waals surface area contributed by atoms with Gasteiger partial charge in [-0.2, -0.15) is 0 Å². The van der Waals surface area contributed by atoms with Gasteiger partial charge in [0.2, 0.25) is 15.9 Å². The molecule has 2 heterocycles.